The van der Waals surface area contributed by atoms with Crippen molar-refractivity contribution in [3.63, 3.8) is 0 Å². The lowest BCUT2D eigenvalue weighted by molar-refractivity contribution is 0.791. The van der Waals surface area contributed by atoms with Gasteiger partial charge in [0.2, 0.25) is 0 Å². The van der Waals surface area contributed by atoms with Crippen molar-refractivity contribution >= 4 is 18.5 Å². The smallest absolute Gasteiger partial charge is 0.185 e. The molecule has 1 radical (unpaired) electrons. The molecule has 0 spiro atoms. The number of nitrogens with two attached hydrogens (primary N) is 1. The minimum absolute atomic E-state index is 0.298. The van der Waals surface area contributed by atoms with Gasteiger partial charge in [0, 0.05) is 11.8 Å². The molecule has 2 N–H and O–H groups in total. The first-order chi connectivity index (χ1) is 4.20. The largest absolute Gasteiger partial charge is 0.384 e. The van der Waals surface area contributed by atoms with Gasteiger partial charge in [-0.25, -0.2) is 4.99 Å². The maximum Gasteiger partial charge on any atom is 0.185 e. The normalized spacial score (nSPS) is 26.2. The molecule has 0 amide bonds. The van der Waals surface area contributed by atoms with Crippen LogP contribution in [0.15, 0.2) is 16.8 Å². The lowest BCUT2D eigenvalue weighted by Gasteiger charge is -2.11. The number of amidine groups is 1. The Morgan fingerprint density at radius 1 is 1.78 bits per heavy atom. The fraction of sp³-hybridized carbons (Fsp3) is 0.400. The zero-order chi connectivity index (χ0) is 6.85. The molecule has 0 fully saturated rings. The molecular formula is C5H8N3S. The summed E-state index contributed by atoms with van der Waals surface area (Å²) in [5.41, 5.74) is 6.05. The Labute approximate surface area is 59.4 Å². The van der Waals surface area contributed by atoms with E-state index in [4.69, 9.17) is 5.73 Å². The van der Waals surface area contributed by atoms with Crippen LogP contribution >= 0.6 is 12.6 Å². The van der Waals surface area contributed by atoms with Crippen molar-refractivity contribution in [2.45, 2.75) is 12.4 Å². The van der Waals surface area contributed by atoms with E-state index in [1.165, 1.54) is 0 Å². The summed E-state index contributed by atoms with van der Waals surface area (Å²) in [5.74, 6) is 0.532. The van der Waals surface area contributed by atoms with Gasteiger partial charge >= 0.3 is 0 Å². The highest BCUT2D eigenvalue weighted by Crippen LogP contribution is 2.04. The van der Waals surface area contributed by atoms with E-state index in [0.717, 1.165) is 5.57 Å². The first-order valence-electron chi connectivity index (χ1n) is 2.58. The van der Waals surface area contributed by atoms with Crippen LogP contribution in [0, 0.1) is 0 Å². The predicted molar refractivity (Wildman–Crippen MR) is 40.3 cm³/mol. The van der Waals surface area contributed by atoms with Crippen molar-refractivity contribution in [3.05, 3.63) is 11.8 Å². The molecule has 4 heteroatoms. The van der Waals surface area contributed by atoms with Gasteiger partial charge in [-0.2, -0.15) is 0 Å². The van der Waals surface area contributed by atoms with E-state index in [1.807, 2.05) is 6.92 Å². The van der Waals surface area contributed by atoms with Crippen LogP contribution in [0.3, 0.4) is 0 Å². The van der Waals surface area contributed by atoms with Gasteiger partial charge in [-0.3, -0.25) is 5.32 Å². The second kappa shape index (κ2) is 2.31. The molecule has 1 heterocycles. The van der Waals surface area contributed by atoms with Crippen molar-refractivity contribution in [1.29, 1.82) is 0 Å². The molecule has 1 aliphatic rings. The summed E-state index contributed by atoms with van der Waals surface area (Å²) in [6.45, 7) is 1.86. The molecule has 0 aromatic rings. The third kappa shape index (κ3) is 1.38. The highest BCUT2D eigenvalue weighted by molar-refractivity contribution is 7.80. The molecule has 1 atom stereocenters. The molecule has 1 rings (SSSR count). The molecular weight excluding hydrogens is 134 g/mol. The molecule has 0 saturated carbocycles. The number of hydrogen-bond donors (Lipinski definition) is 2. The van der Waals surface area contributed by atoms with E-state index in [2.05, 4.69) is 22.9 Å². The van der Waals surface area contributed by atoms with Crippen LogP contribution in [0.5, 0.6) is 0 Å². The quantitative estimate of drug-likeness (QED) is 0.462. The van der Waals surface area contributed by atoms with Gasteiger partial charge in [0.25, 0.3) is 0 Å². The molecule has 0 bridgehead atoms. The first kappa shape index (κ1) is 6.48. The van der Waals surface area contributed by atoms with Crippen molar-refractivity contribution in [2.75, 3.05) is 0 Å². The van der Waals surface area contributed by atoms with Crippen LogP contribution in [0.1, 0.15) is 6.92 Å². The van der Waals surface area contributed by atoms with Crippen LogP contribution in [0.4, 0.5) is 0 Å². The standard InChI is InChI=1S/C5H8N3S/c1-3-2-7-5(9)8-4(3)6/h2,5,9H,1H3,(H2,6,8). The molecule has 49 valence electrons. The van der Waals surface area contributed by atoms with Gasteiger partial charge in [0.15, 0.2) is 5.50 Å². The van der Waals surface area contributed by atoms with E-state index >= 15 is 0 Å². The van der Waals surface area contributed by atoms with E-state index in [1.54, 1.807) is 6.20 Å². The van der Waals surface area contributed by atoms with Gasteiger partial charge in [-0.1, -0.05) is 0 Å². The van der Waals surface area contributed by atoms with Gasteiger partial charge in [-0.15, -0.1) is 12.6 Å². The summed E-state index contributed by atoms with van der Waals surface area (Å²) in [5, 5.41) is 3.90. The minimum Gasteiger partial charge on any atom is -0.384 e. The molecule has 0 aromatic heterocycles. The number of thiol groups is 1. The number of hydrogen-bond acceptors (Lipinski definition) is 3. The Morgan fingerprint density at radius 2 is 2.44 bits per heavy atom. The fourth-order valence-corrected chi connectivity index (χ4v) is 0.695. The third-order valence-corrected chi connectivity index (χ3v) is 1.31. The third-order valence-electron chi connectivity index (χ3n) is 1.06. The van der Waals surface area contributed by atoms with Crippen LogP contribution in [0.25, 0.3) is 0 Å². The summed E-state index contributed by atoms with van der Waals surface area (Å²) in [6, 6.07) is 0. The Kier molecular flexibility index (Phi) is 1.66. The first-order valence-corrected chi connectivity index (χ1v) is 3.10. The summed E-state index contributed by atoms with van der Waals surface area (Å²) >= 11 is 3.98. The van der Waals surface area contributed by atoms with Crippen LogP contribution in [-0.4, -0.2) is 11.3 Å². The minimum atomic E-state index is -0.298. The molecule has 1 unspecified atom stereocenters. The number of aliphatic imine (C=N–C) groups is 1. The van der Waals surface area contributed by atoms with Crippen molar-refractivity contribution in [1.82, 2.24) is 5.32 Å². The Bertz CT molecular complexity index is 173. The second-order valence-electron chi connectivity index (χ2n) is 1.82. The topological polar surface area (TPSA) is 52.5 Å². The monoisotopic (exact) mass is 142 g/mol. The van der Waals surface area contributed by atoms with Crippen molar-refractivity contribution in [3.8, 4) is 0 Å². The predicted octanol–water partition coefficient (Wildman–Crippen LogP) is 0.0788. The zero-order valence-electron chi connectivity index (χ0n) is 5.07. The molecule has 0 saturated heterocycles. The van der Waals surface area contributed by atoms with Crippen LogP contribution < -0.4 is 11.1 Å². The number of nitrogens with zero attached hydrogens (tertiary/aromatic N) is 2. The lowest BCUT2D eigenvalue weighted by Crippen LogP contribution is -2.24. The van der Waals surface area contributed by atoms with Crippen LogP contribution in [-0.2, 0) is 0 Å². The van der Waals surface area contributed by atoms with E-state index in [9.17, 15) is 0 Å². The Hall–Kier alpha value is -0.640. The van der Waals surface area contributed by atoms with E-state index in [0.29, 0.717) is 5.84 Å². The fourth-order valence-electron chi connectivity index (χ4n) is 0.504. The highest BCUT2D eigenvalue weighted by atomic mass is 32.1. The van der Waals surface area contributed by atoms with Crippen LogP contribution in [0.2, 0.25) is 0 Å². The maximum atomic E-state index is 5.44. The molecule has 9 heavy (non-hydrogen) atoms. The maximum absolute atomic E-state index is 5.44. The van der Waals surface area contributed by atoms with Crippen molar-refractivity contribution < 1.29 is 0 Å². The number of rotatable bonds is 0. The molecule has 0 aromatic carbocycles. The van der Waals surface area contributed by atoms with E-state index < -0.39 is 0 Å². The summed E-state index contributed by atoms with van der Waals surface area (Å²) < 4.78 is 0. The summed E-state index contributed by atoms with van der Waals surface area (Å²) in [6.07, 6.45) is 1.68. The average Bonchev–Trinajstić information content (AvgIpc) is 1.80. The molecule has 1 aliphatic heterocycles. The molecule has 3 nitrogen and oxygen atoms in total. The van der Waals surface area contributed by atoms with E-state index in [-0.39, 0.29) is 5.50 Å². The Morgan fingerprint density at radius 3 is 2.89 bits per heavy atom. The Balaban J connectivity index is 2.75. The van der Waals surface area contributed by atoms with Crippen molar-refractivity contribution in [2.24, 2.45) is 10.7 Å². The molecule has 0 aliphatic carbocycles. The van der Waals surface area contributed by atoms with Gasteiger partial charge in [0.1, 0.15) is 5.84 Å². The average molecular weight is 142 g/mol. The SMILES string of the molecule is CC1=C[N]C(S)N=C1N. The zero-order valence-corrected chi connectivity index (χ0v) is 5.97. The summed E-state index contributed by atoms with van der Waals surface area (Å²) in [7, 11) is 0. The van der Waals surface area contributed by atoms with Gasteiger partial charge < -0.3 is 5.73 Å². The van der Waals surface area contributed by atoms with Gasteiger partial charge in [0.05, 0.1) is 0 Å². The highest BCUT2D eigenvalue weighted by Gasteiger charge is 2.07. The second-order valence-corrected chi connectivity index (χ2v) is 2.28. The lowest BCUT2D eigenvalue weighted by atomic mass is 10.3. The summed E-state index contributed by atoms with van der Waals surface area (Å²) in [4.78, 5) is 3.89. The van der Waals surface area contributed by atoms with Gasteiger partial charge in [-0.05, 0) is 6.92 Å².